The van der Waals surface area contributed by atoms with Gasteiger partial charge in [-0.05, 0) is 18.2 Å². The van der Waals surface area contributed by atoms with E-state index < -0.39 is 0 Å². The number of rotatable bonds is 3. The third-order valence-electron chi connectivity index (χ3n) is 2.84. The van der Waals surface area contributed by atoms with Gasteiger partial charge in [-0.3, -0.25) is 9.67 Å². The van der Waals surface area contributed by atoms with Gasteiger partial charge in [0.2, 0.25) is 0 Å². The van der Waals surface area contributed by atoms with E-state index in [1.54, 1.807) is 12.4 Å². The van der Waals surface area contributed by atoms with Gasteiger partial charge in [-0.25, -0.2) is 0 Å². The van der Waals surface area contributed by atoms with E-state index >= 15 is 0 Å². The van der Waals surface area contributed by atoms with Crippen molar-refractivity contribution < 1.29 is 4.74 Å². The summed E-state index contributed by atoms with van der Waals surface area (Å²) in [5.74, 6) is 0.757. The molecule has 0 radical (unpaired) electrons. The summed E-state index contributed by atoms with van der Waals surface area (Å²) < 4.78 is 7.55. The van der Waals surface area contributed by atoms with Crippen LogP contribution in [0.5, 0.6) is 5.75 Å². The third-order valence-corrected chi connectivity index (χ3v) is 2.84. The van der Waals surface area contributed by atoms with Crippen LogP contribution >= 0.6 is 0 Å². The number of benzene rings is 1. The summed E-state index contributed by atoms with van der Waals surface area (Å²) in [5.41, 5.74) is 2.05. The molecule has 0 aliphatic heterocycles. The topological polar surface area (TPSA) is 39.9 Å². The average Bonchev–Trinajstić information content (AvgIpc) is 2.75. The summed E-state index contributed by atoms with van der Waals surface area (Å²) in [5, 5.41) is 5.60. The van der Waals surface area contributed by atoms with Gasteiger partial charge in [0.05, 0.1) is 11.7 Å². The van der Waals surface area contributed by atoms with Crippen molar-refractivity contribution in [1.82, 2.24) is 14.8 Å². The van der Waals surface area contributed by atoms with Crippen LogP contribution in [0, 0.1) is 0 Å². The molecule has 2 heterocycles. The average molecular weight is 239 g/mol. The molecule has 18 heavy (non-hydrogen) atoms. The molecule has 0 saturated heterocycles. The lowest BCUT2D eigenvalue weighted by Gasteiger charge is -2.02. The zero-order valence-electron chi connectivity index (χ0n) is 10.1. The second kappa shape index (κ2) is 4.49. The second-order valence-corrected chi connectivity index (χ2v) is 4.06. The number of aromatic nitrogens is 3. The van der Waals surface area contributed by atoms with Crippen LogP contribution < -0.4 is 4.74 Å². The summed E-state index contributed by atoms with van der Waals surface area (Å²) in [6.45, 7) is 0.451. The van der Waals surface area contributed by atoms with Crippen molar-refractivity contribution in [2.75, 3.05) is 0 Å². The van der Waals surface area contributed by atoms with Gasteiger partial charge >= 0.3 is 0 Å². The Hall–Kier alpha value is -2.36. The van der Waals surface area contributed by atoms with Crippen molar-refractivity contribution in [2.45, 2.75) is 6.61 Å². The Balaban J connectivity index is 1.87. The number of hydrogen-bond donors (Lipinski definition) is 0. The van der Waals surface area contributed by atoms with Crippen molar-refractivity contribution >= 4 is 10.9 Å². The molecule has 3 aromatic rings. The summed E-state index contributed by atoms with van der Waals surface area (Å²) >= 11 is 0. The van der Waals surface area contributed by atoms with E-state index in [1.807, 2.05) is 36.0 Å². The highest BCUT2D eigenvalue weighted by molar-refractivity contribution is 5.81. The summed E-state index contributed by atoms with van der Waals surface area (Å²) in [4.78, 5) is 4.01. The summed E-state index contributed by atoms with van der Waals surface area (Å²) in [6, 6.07) is 11.9. The fraction of sp³-hybridized carbons (Fsp3) is 0.143. The van der Waals surface area contributed by atoms with Gasteiger partial charge in [-0.15, -0.1) is 0 Å². The summed E-state index contributed by atoms with van der Waals surface area (Å²) in [7, 11) is 1.94. The van der Waals surface area contributed by atoms with Crippen LogP contribution in [0.3, 0.4) is 0 Å². The molecule has 90 valence electrons. The zero-order chi connectivity index (χ0) is 12.4. The molecule has 0 N–H and O–H groups in total. The molecular weight excluding hydrogens is 226 g/mol. The Morgan fingerprint density at radius 3 is 2.89 bits per heavy atom. The van der Waals surface area contributed by atoms with Crippen LogP contribution in [-0.4, -0.2) is 14.8 Å². The standard InChI is InChI=1S/C14H13N3O/c1-17-14-7-3-2-6-12(14)13(16-17)10-18-11-5-4-8-15-9-11/h2-9H,10H2,1H3. The van der Waals surface area contributed by atoms with Crippen molar-refractivity contribution in [3.8, 4) is 5.75 Å². The van der Waals surface area contributed by atoms with Crippen LogP contribution in [0.1, 0.15) is 5.69 Å². The number of pyridine rings is 1. The summed E-state index contributed by atoms with van der Waals surface area (Å²) in [6.07, 6.45) is 3.42. The first-order valence-corrected chi connectivity index (χ1v) is 5.78. The van der Waals surface area contributed by atoms with E-state index in [0.717, 1.165) is 22.3 Å². The zero-order valence-corrected chi connectivity index (χ0v) is 10.1. The monoisotopic (exact) mass is 239 g/mol. The highest BCUT2D eigenvalue weighted by Crippen LogP contribution is 2.19. The smallest absolute Gasteiger partial charge is 0.138 e. The highest BCUT2D eigenvalue weighted by Gasteiger charge is 2.08. The lowest BCUT2D eigenvalue weighted by molar-refractivity contribution is 0.300. The van der Waals surface area contributed by atoms with E-state index in [0.29, 0.717) is 6.61 Å². The SMILES string of the molecule is Cn1nc(COc2cccnc2)c2ccccc21. The van der Waals surface area contributed by atoms with Crippen molar-refractivity contribution in [3.63, 3.8) is 0 Å². The molecule has 0 unspecified atom stereocenters. The molecule has 0 bridgehead atoms. The molecule has 1 aromatic carbocycles. The Bertz CT molecular complexity index is 661. The van der Waals surface area contributed by atoms with Crippen molar-refractivity contribution in [2.24, 2.45) is 7.05 Å². The molecule has 2 aromatic heterocycles. The van der Waals surface area contributed by atoms with Gasteiger partial charge in [0.15, 0.2) is 0 Å². The highest BCUT2D eigenvalue weighted by atomic mass is 16.5. The molecule has 3 rings (SSSR count). The minimum atomic E-state index is 0.451. The van der Waals surface area contributed by atoms with Gasteiger partial charge in [0, 0.05) is 18.6 Å². The van der Waals surface area contributed by atoms with E-state index in [-0.39, 0.29) is 0 Å². The maximum atomic E-state index is 5.68. The molecule has 0 fully saturated rings. The predicted molar refractivity (Wildman–Crippen MR) is 69.3 cm³/mol. The van der Waals surface area contributed by atoms with Crippen LogP contribution in [-0.2, 0) is 13.7 Å². The Kier molecular flexibility index (Phi) is 2.68. The fourth-order valence-corrected chi connectivity index (χ4v) is 1.98. The van der Waals surface area contributed by atoms with Gasteiger partial charge in [-0.1, -0.05) is 18.2 Å². The fourth-order valence-electron chi connectivity index (χ4n) is 1.98. The number of nitrogens with zero attached hydrogens (tertiary/aromatic N) is 3. The van der Waals surface area contributed by atoms with Crippen LogP contribution in [0.4, 0.5) is 0 Å². The normalized spacial score (nSPS) is 10.7. The van der Waals surface area contributed by atoms with Gasteiger partial charge in [0.25, 0.3) is 0 Å². The molecule has 0 aliphatic rings. The minimum Gasteiger partial charge on any atom is -0.486 e. The number of aryl methyl sites for hydroxylation is 1. The molecule has 0 atom stereocenters. The lowest BCUT2D eigenvalue weighted by atomic mass is 10.2. The van der Waals surface area contributed by atoms with Crippen molar-refractivity contribution in [3.05, 3.63) is 54.5 Å². The van der Waals surface area contributed by atoms with Gasteiger partial charge in [-0.2, -0.15) is 5.10 Å². The molecule has 0 amide bonds. The predicted octanol–water partition coefficient (Wildman–Crippen LogP) is 2.55. The number of para-hydroxylation sites is 1. The second-order valence-electron chi connectivity index (χ2n) is 4.06. The largest absolute Gasteiger partial charge is 0.486 e. The first kappa shape index (κ1) is 10.8. The number of ether oxygens (including phenoxy) is 1. The Labute approximate surface area is 105 Å². The van der Waals surface area contributed by atoms with Crippen LogP contribution in [0.2, 0.25) is 0 Å². The number of fused-ring (bicyclic) bond motifs is 1. The first-order chi connectivity index (χ1) is 8.84. The van der Waals surface area contributed by atoms with Gasteiger partial charge in [0.1, 0.15) is 18.1 Å². The molecule has 0 spiro atoms. The quantitative estimate of drug-likeness (QED) is 0.705. The third kappa shape index (κ3) is 1.93. The minimum absolute atomic E-state index is 0.451. The van der Waals surface area contributed by atoms with E-state index in [2.05, 4.69) is 22.2 Å². The number of hydrogen-bond acceptors (Lipinski definition) is 3. The van der Waals surface area contributed by atoms with Gasteiger partial charge < -0.3 is 4.74 Å². The molecule has 0 aliphatic carbocycles. The van der Waals surface area contributed by atoms with Crippen molar-refractivity contribution in [1.29, 1.82) is 0 Å². The maximum absolute atomic E-state index is 5.68. The molecular formula is C14H13N3O. The molecule has 4 heteroatoms. The Morgan fingerprint density at radius 2 is 2.06 bits per heavy atom. The van der Waals surface area contributed by atoms with E-state index in [1.165, 1.54) is 0 Å². The maximum Gasteiger partial charge on any atom is 0.138 e. The van der Waals surface area contributed by atoms with Crippen LogP contribution in [0.15, 0.2) is 48.8 Å². The lowest BCUT2D eigenvalue weighted by Crippen LogP contribution is -1.98. The van der Waals surface area contributed by atoms with Crippen LogP contribution in [0.25, 0.3) is 10.9 Å². The first-order valence-electron chi connectivity index (χ1n) is 5.78. The van der Waals surface area contributed by atoms with E-state index in [9.17, 15) is 0 Å². The Morgan fingerprint density at radius 1 is 1.17 bits per heavy atom. The molecule has 0 saturated carbocycles. The van der Waals surface area contributed by atoms with E-state index in [4.69, 9.17) is 4.74 Å². The molecule has 4 nitrogen and oxygen atoms in total.